The van der Waals surface area contributed by atoms with E-state index in [2.05, 4.69) is 10.4 Å². The second kappa shape index (κ2) is 10.9. The standard InChI is InChI=1S/C29H31FN4O4/c1-4-19-8-9-34-16-23(18(2)35)27(25(34)13-19)29(36)32-24-12-20(17-38-26-7-5-6-10-37-26)11-22(28(24)30)21-14-31-33(3)15-21/h8-9,11-16,26H,4-7,10,17H2,1-3H3,(H,32,36). The lowest BCUT2D eigenvalue weighted by atomic mass is 10.0. The van der Waals surface area contributed by atoms with E-state index >= 15 is 4.39 Å². The zero-order chi connectivity index (χ0) is 26.8. The monoisotopic (exact) mass is 518 g/mol. The number of pyridine rings is 1. The van der Waals surface area contributed by atoms with Crippen LogP contribution in [0.3, 0.4) is 0 Å². The molecule has 0 aliphatic carbocycles. The predicted molar refractivity (Wildman–Crippen MR) is 142 cm³/mol. The van der Waals surface area contributed by atoms with Gasteiger partial charge in [-0.3, -0.25) is 14.3 Å². The van der Waals surface area contributed by atoms with Gasteiger partial charge in [-0.25, -0.2) is 4.39 Å². The quantitative estimate of drug-likeness (QED) is 0.310. The van der Waals surface area contributed by atoms with Crippen LogP contribution in [0.15, 0.2) is 49.1 Å². The second-order valence-electron chi connectivity index (χ2n) is 9.62. The number of hydrogen-bond donors (Lipinski definition) is 1. The molecule has 1 aliphatic rings. The van der Waals surface area contributed by atoms with Crippen molar-refractivity contribution < 1.29 is 23.5 Å². The van der Waals surface area contributed by atoms with Gasteiger partial charge in [-0.2, -0.15) is 5.10 Å². The minimum atomic E-state index is -0.592. The molecular formula is C29H31FN4O4. The van der Waals surface area contributed by atoms with Crippen LogP contribution in [0.1, 0.15) is 65.0 Å². The summed E-state index contributed by atoms with van der Waals surface area (Å²) in [5.41, 5.74) is 3.65. The maximum atomic E-state index is 15.8. The van der Waals surface area contributed by atoms with Gasteiger partial charge in [-0.15, -0.1) is 0 Å². The van der Waals surface area contributed by atoms with Crippen LogP contribution in [0.4, 0.5) is 10.1 Å². The van der Waals surface area contributed by atoms with E-state index in [9.17, 15) is 9.59 Å². The van der Waals surface area contributed by atoms with E-state index in [1.54, 1.807) is 46.9 Å². The number of amides is 1. The number of ketones is 1. The number of rotatable bonds is 8. The Labute approximate surface area is 220 Å². The summed E-state index contributed by atoms with van der Waals surface area (Å²) in [6, 6.07) is 7.09. The maximum absolute atomic E-state index is 15.8. The van der Waals surface area contributed by atoms with Gasteiger partial charge in [0.2, 0.25) is 0 Å². The summed E-state index contributed by atoms with van der Waals surface area (Å²) in [5, 5.41) is 6.91. The molecule has 1 saturated heterocycles. The van der Waals surface area contributed by atoms with Crippen LogP contribution in [-0.4, -0.2) is 38.8 Å². The number of fused-ring (bicyclic) bond motifs is 1. The van der Waals surface area contributed by atoms with Crippen LogP contribution >= 0.6 is 0 Å². The molecule has 1 unspecified atom stereocenters. The number of benzene rings is 1. The molecule has 1 atom stereocenters. The Morgan fingerprint density at radius 1 is 1.21 bits per heavy atom. The summed E-state index contributed by atoms with van der Waals surface area (Å²) in [6.07, 6.45) is 10.0. The van der Waals surface area contributed by atoms with E-state index in [0.717, 1.165) is 31.2 Å². The number of carbonyl (C=O) groups is 2. The highest BCUT2D eigenvalue weighted by atomic mass is 19.1. The molecule has 5 rings (SSSR count). The fourth-order valence-corrected chi connectivity index (χ4v) is 4.78. The molecule has 8 nitrogen and oxygen atoms in total. The molecular weight excluding hydrogens is 487 g/mol. The highest BCUT2D eigenvalue weighted by Crippen LogP contribution is 2.31. The third-order valence-electron chi connectivity index (χ3n) is 6.83. The molecule has 0 saturated carbocycles. The Kier molecular flexibility index (Phi) is 7.40. The highest BCUT2D eigenvalue weighted by molar-refractivity contribution is 6.16. The number of nitrogens with one attached hydrogen (secondary N) is 1. The molecule has 1 amide bonds. The molecule has 1 N–H and O–H groups in total. The molecule has 1 aromatic carbocycles. The molecule has 1 fully saturated rings. The average Bonchev–Trinajstić information content (AvgIpc) is 3.52. The van der Waals surface area contributed by atoms with Gasteiger partial charge in [0, 0.05) is 48.9 Å². The Balaban J connectivity index is 1.52. The molecule has 4 aromatic rings. The van der Waals surface area contributed by atoms with E-state index < -0.39 is 11.7 Å². The van der Waals surface area contributed by atoms with Crippen molar-refractivity contribution in [2.75, 3.05) is 11.9 Å². The first-order chi connectivity index (χ1) is 18.3. The second-order valence-corrected chi connectivity index (χ2v) is 9.62. The maximum Gasteiger partial charge on any atom is 0.258 e. The van der Waals surface area contributed by atoms with Gasteiger partial charge in [0.15, 0.2) is 17.9 Å². The SMILES string of the molecule is CCc1ccn2cc(C(C)=O)c(C(=O)Nc3cc(COC4CCCCO4)cc(-c4cnn(C)c4)c3F)c2c1. The fourth-order valence-electron chi connectivity index (χ4n) is 4.78. The summed E-state index contributed by atoms with van der Waals surface area (Å²) in [5.74, 6) is -1.40. The smallest absolute Gasteiger partial charge is 0.258 e. The van der Waals surface area contributed by atoms with E-state index in [1.165, 1.54) is 6.92 Å². The van der Waals surface area contributed by atoms with Gasteiger partial charge in [-0.05, 0) is 68.0 Å². The normalized spacial score (nSPS) is 15.6. The largest absolute Gasteiger partial charge is 0.353 e. The summed E-state index contributed by atoms with van der Waals surface area (Å²) < 4.78 is 30.8. The van der Waals surface area contributed by atoms with Crippen molar-refractivity contribution in [2.45, 2.75) is 52.4 Å². The van der Waals surface area contributed by atoms with Gasteiger partial charge < -0.3 is 19.2 Å². The Hall–Kier alpha value is -3.82. The lowest BCUT2D eigenvalue weighted by Crippen LogP contribution is -2.22. The van der Waals surface area contributed by atoms with Crippen molar-refractivity contribution in [1.82, 2.24) is 14.2 Å². The number of aryl methyl sites for hydroxylation is 2. The molecule has 9 heteroatoms. The van der Waals surface area contributed by atoms with Gasteiger partial charge in [-0.1, -0.05) is 6.92 Å². The number of anilines is 1. The summed E-state index contributed by atoms with van der Waals surface area (Å²) >= 11 is 0. The fraction of sp³-hybridized carbons (Fsp3) is 0.345. The number of aromatic nitrogens is 3. The zero-order valence-corrected chi connectivity index (χ0v) is 21.8. The van der Waals surface area contributed by atoms with Gasteiger partial charge >= 0.3 is 0 Å². The van der Waals surface area contributed by atoms with E-state index in [-0.39, 0.29) is 35.5 Å². The highest BCUT2D eigenvalue weighted by Gasteiger charge is 2.24. The van der Waals surface area contributed by atoms with Crippen molar-refractivity contribution in [3.8, 4) is 11.1 Å². The minimum Gasteiger partial charge on any atom is -0.353 e. The molecule has 0 bridgehead atoms. The van der Waals surface area contributed by atoms with Crippen LogP contribution < -0.4 is 5.32 Å². The molecule has 3 aromatic heterocycles. The van der Waals surface area contributed by atoms with Gasteiger partial charge in [0.05, 0.1) is 29.6 Å². The lowest BCUT2D eigenvalue weighted by Gasteiger charge is -2.23. The number of ether oxygens (including phenoxy) is 2. The molecule has 1 aliphatic heterocycles. The van der Waals surface area contributed by atoms with E-state index in [0.29, 0.717) is 28.8 Å². The third-order valence-corrected chi connectivity index (χ3v) is 6.83. The Morgan fingerprint density at radius 3 is 2.74 bits per heavy atom. The zero-order valence-electron chi connectivity index (χ0n) is 21.8. The molecule has 198 valence electrons. The number of Topliss-reactive ketones (excluding diaryl/α,β-unsaturated/α-hetero) is 1. The van der Waals surface area contributed by atoms with Crippen molar-refractivity contribution in [3.63, 3.8) is 0 Å². The molecule has 38 heavy (non-hydrogen) atoms. The van der Waals surface area contributed by atoms with E-state index in [4.69, 9.17) is 9.47 Å². The first-order valence-electron chi connectivity index (χ1n) is 12.8. The van der Waals surface area contributed by atoms with E-state index in [1.807, 2.05) is 25.3 Å². The third kappa shape index (κ3) is 5.25. The summed E-state index contributed by atoms with van der Waals surface area (Å²) in [7, 11) is 1.75. The first-order valence-corrected chi connectivity index (χ1v) is 12.8. The van der Waals surface area contributed by atoms with Crippen molar-refractivity contribution in [1.29, 1.82) is 0 Å². The average molecular weight is 519 g/mol. The first kappa shape index (κ1) is 25.8. The van der Waals surface area contributed by atoms with Crippen molar-refractivity contribution in [2.24, 2.45) is 7.05 Å². The molecule has 0 radical (unpaired) electrons. The van der Waals surface area contributed by atoms with Crippen LogP contribution in [0.25, 0.3) is 16.6 Å². The number of carbonyl (C=O) groups excluding carboxylic acids is 2. The van der Waals surface area contributed by atoms with Gasteiger partial charge in [0.25, 0.3) is 5.91 Å². The minimum absolute atomic E-state index is 0.0000127. The Morgan fingerprint density at radius 2 is 2.05 bits per heavy atom. The number of hydrogen-bond acceptors (Lipinski definition) is 5. The van der Waals surface area contributed by atoms with Crippen molar-refractivity contribution in [3.05, 3.63) is 77.1 Å². The topological polar surface area (TPSA) is 86.9 Å². The van der Waals surface area contributed by atoms with Crippen LogP contribution in [0.5, 0.6) is 0 Å². The summed E-state index contributed by atoms with van der Waals surface area (Å²) in [6.45, 7) is 4.27. The van der Waals surface area contributed by atoms with Crippen LogP contribution in [0, 0.1) is 5.82 Å². The van der Waals surface area contributed by atoms with Crippen LogP contribution in [0.2, 0.25) is 0 Å². The Bertz CT molecular complexity index is 1500. The van der Waals surface area contributed by atoms with Crippen molar-refractivity contribution >= 4 is 22.9 Å². The predicted octanol–water partition coefficient (Wildman–Crippen LogP) is 5.54. The number of halogens is 1. The summed E-state index contributed by atoms with van der Waals surface area (Å²) in [4.78, 5) is 26.1. The molecule has 0 spiro atoms. The van der Waals surface area contributed by atoms with Crippen LogP contribution in [-0.2, 0) is 29.5 Å². The number of nitrogens with zero attached hydrogens (tertiary/aromatic N) is 3. The molecule has 4 heterocycles. The lowest BCUT2D eigenvalue weighted by molar-refractivity contribution is -0.168. The van der Waals surface area contributed by atoms with Gasteiger partial charge in [0.1, 0.15) is 0 Å².